The van der Waals surface area contributed by atoms with Crippen LogP contribution in [0.1, 0.15) is 52.2 Å². The summed E-state index contributed by atoms with van der Waals surface area (Å²) < 4.78 is 17.4. The number of rotatable bonds is 12. The molecule has 1 aliphatic rings. The Hall–Kier alpha value is -3.05. The van der Waals surface area contributed by atoms with Gasteiger partial charge in [-0.2, -0.15) is 0 Å². The minimum Gasteiger partial charge on any atom is -0.460 e. The zero-order valence-corrected chi connectivity index (χ0v) is 25.4. The third-order valence-corrected chi connectivity index (χ3v) is 6.80. The standard InChI is InChI=1S/C29H37Cl2N3O7/c1-6-20(26(36)40-28(3,4)5)29(32)22-18(17-34(15-16-38-7-2)25(35)24(30)31)13-14-21(33-41-27(29)37)23(22)39-19-11-9-8-10-12-19/h8-14,20,24,33H,6-7,15-17,32H2,1-5H3/t20-,29+/m1/s1. The number of para-hydroxylation sites is 1. The smallest absolute Gasteiger partial charge is 0.357 e. The van der Waals surface area contributed by atoms with Gasteiger partial charge in [0.25, 0.3) is 5.91 Å². The summed E-state index contributed by atoms with van der Waals surface area (Å²) >= 11 is 11.9. The Kier molecular flexibility index (Phi) is 10.9. The second-order valence-corrected chi connectivity index (χ2v) is 11.6. The van der Waals surface area contributed by atoms with E-state index in [1.165, 1.54) is 4.90 Å². The van der Waals surface area contributed by atoms with E-state index in [1.54, 1.807) is 64.1 Å². The number of alkyl halides is 2. The average Bonchev–Trinajstić information content (AvgIpc) is 2.96. The number of nitrogens with zero attached hydrogens (tertiary/aromatic N) is 1. The van der Waals surface area contributed by atoms with E-state index in [0.29, 0.717) is 23.6 Å². The van der Waals surface area contributed by atoms with Crippen LogP contribution in [0, 0.1) is 5.92 Å². The van der Waals surface area contributed by atoms with Crippen molar-refractivity contribution >= 4 is 46.7 Å². The highest BCUT2D eigenvalue weighted by Crippen LogP contribution is 2.47. The van der Waals surface area contributed by atoms with Crippen molar-refractivity contribution in [3.63, 3.8) is 0 Å². The first kappa shape index (κ1) is 32.5. The molecule has 0 radical (unpaired) electrons. The minimum atomic E-state index is -2.08. The molecule has 0 aliphatic carbocycles. The lowest BCUT2D eigenvalue weighted by Crippen LogP contribution is -2.56. The fourth-order valence-corrected chi connectivity index (χ4v) is 4.86. The number of carbonyl (C=O) groups excluding carboxylic acids is 3. The van der Waals surface area contributed by atoms with Gasteiger partial charge in [0.05, 0.1) is 12.5 Å². The molecule has 0 saturated heterocycles. The molecular formula is C29H37Cl2N3O7. The zero-order valence-electron chi connectivity index (χ0n) is 23.9. The number of fused-ring (bicyclic) bond motifs is 2. The summed E-state index contributed by atoms with van der Waals surface area (Å²) in [5.41, 5.74) is 7.58. The summed E-state index contributed by atoms with van der Waals surface area (Å²) in [5.74, 6) is -2.74. The molecule has 3 rings (SSSR count). The van der Waals surface area contributed by atoms with Crippen molar-refractivity contribution in [3.05, 3.63) is 53.6 Å². The highest BCUT2D eigenvalue weighted by atomic mass is 35.5. The largest absolute Gasteiger partial charge is 0.460 e. The maximum absolute atomic E-state index is 13.7. The Balaban J connectivity index is 2.26. The fraction of sp³-hybridized carbons (Fsp3) is 0.483. The lowest BCUT2D eigenvalue weighted by molar-refractivity contribution is -0.169. The number of hydrogen-bond acceptors (Lipinski definition) is 9. The van der Waals surface area contributed by atoms with Gasteiger partial charge in [0, 0.05) is 25.3 Å². The van der Waals surface area contributed by atoms with Crippen LogP contribution < -0.4 is 16.0 Å². The van der Waals surface area contributed by atoms with Crippen molar-refractivity contribution in [1.82, 2.24) is 4.90 Å². The van der Waals surface area contributed by atoms with Crippen LogP contribution in [0.2, 0.25) is 0 Å². The number of hydrogen-bond donors (Lipinski definition) is 2. The van der Waals surface area contributed by atoms with Gasteiger partial charge >= 0.3 is 11.9 Å². The topological polar surface area (TPSA) is 129 Å². The van der Waals surface area contributed by atoms with E-state index < -0.39 is 39.7 Å². The summed E-state index contributed by atoms with van der Waals surface area (Å²) in [6.07, 6.45) is 0.132. The molecule has 0 unspecified atom stereocenters. The predicted molar refractivity (Wildman–Crippen MR) is 156 cm³/mol. The van der Waals surface area contributed by atoms with E-state index in [1.807, 2.05) is 13.0 Å². The van der Waals surface area contributed by atoms with Crippen molar-refractivity contribution in [1.29, 1.82) is 0 Å². The van der Waals surface area contributed by atoms with Crippen LogP contribution in [0.3, 0.4) is 0 Å². The molecule has 0 aromatic heterocycles. The van der Waals surface area contributed by atoms with E-state index in [-0.39, 0.29) is 37.4 Å². The van der Waals surface area contributed by atoms with Gasteiger partial charge in [-0.3, -0.25) is 9.59 Å². The number of anilines is 1. The van der Waals surface area contributed by atoms with Crippen LogP contribution in [-0.4, -0.2) is 52.9 Å². The van der Waals surface area contributed by atoms with E-state index in [4.69, 9.17) is 48.0 Å². The normalized spacial score (nSPS) is 17.2. The number of esters is 1. The SMILES string of the molecule is CCOCCN(Cc1ccc2c(Oc3ccccc3)c1[C@@](N)([C@H](CC)C(=O)OC(C)(C)C)C(=O)ON2)C(=O)C(Cl)Cl. The summed E-state index contributed by atoms with van der Waals surface area (Å²) in [6.45, 7) is 9.47. The first-order chi connectivity index (χ1) is 19.3. The monoisotopic (exact) mass is 609 g/mol. The second-order valence-electron chi connectivity index (χ2n) is 10.5. The summed E-state index contributed by atoms with van der Waals surface area (Å²) in [7, 11) is 0. The van der Waals surface area contributed by atoms with Crippen LogP contribution in [0.4, 0.5) is 5.69 Å². The van der Waals surface area contributed by atoms with Gasteiger partial charge < -0.3 is 29.7 Å². The molecule has 2 aromatic rings. The molecule has 1 amide bonds. The Morgan fingerprint density at radius 2 is 1.80 bits per heavy atom. The van der Waals surface area contributed by atoms with Gasteiger partial charge in [0.15, 0.2) is 16.1 Å². The molecule has 224 valence electrons. The van der Waals surface area contributed by atoms with Gasteiger partial charge in [-0.25, -0.2) is 10.3 Å². The Labute approximate surface area is 250 Å². The van der Waals surface area contributed by atoms with Gasteiger partial charge in [-0.1, -0.05) is 54.4 Å². The van der Waals surface area contributed by atoms with Crippen molar-refractivity contribution in [3.8, 4) is 11.5 Å². The zero-order chi connectivity index (χ0) is 30.4. The first-order valence-corrected chi connectivity index (χ1v) is 14.2. The number of benzene rings is 2. The molecular weight excluding hydrogens is 573 g/mol. The van der Waals surface area contributed by atoms with Crippen LogP contribution in [0.5, 0.6) is 11.5 Å². The number of nitrogens with one attached hydrogen (secondary N) is 1. The van der Waals surface area contributed by atoms with Crippen LogP contribution >= 0.6 is 23.2 Å². The van der Waals surface area contributed by atoms with E-state index in [2.05, 4.69) is 5.48 Å². The van der Waals surface area contributed by atoms with Crippen LogP contribution in [0.25, 0.3) is 0 Å². The molecule has 2 aromatic carbocycles. The van der Waals surface area contributed by atoms with Crippen molar-refractivity contribution in [2.45, 2.75) is 63.6 Å². The third kappa shape index (κ3) is 7.62. The Bertz CT molecular complexity index is 1240. The summed E-state index contributed by atoms with van der Waals surface area (Å²) in [5, 5.41) is 0. The number of carbonyl (C=O) groups is 3. The van der Waals surface area contributed by atoms with Gasteiger partial charge in [-0.15, -0.1) is 0 Å². The second kappa shape index (κ2) is 13.7. The number of amides is 1. The van der Waals surface area contributed by atoms with Crippen molar-refractivity contribution in [2.24, 2.45) is 11.7 Å². The van der Waals surface area contributed by atoms with Gasteiger partial charge in [-0.05, 0) is 57.9 Å². The predicted octanol–water partition coefficient (Wildman–Crippen LogP) is 5.05. The highest BCUT2D eigenvalue weighted by molar-refractivity contribution is 6.53. The van der Waals surface area contributed by atoms with Crippen LogP contribution in [0.15, 0.2) is 42.5 Å². The number of nitrogens with two attached hydrogens (primary N) is 1. The third-order valence-electron chi connectivity index (χ3n) is 6.43. The van der Waals surface area contributed by atoms with Crippen molar-refractivity contribution < 1.29 is 33.4 Å². The molecule has 41 heavy (non-hydrogen) atoms. The number of halogens is 2. The van der Waals surface area contributed by atoms with E-state index in [9.17, 15) is 14.4 Å². The van der Waals surface area contributed by atoms with Crippen LogP contribution in [-0.2, 0) is 40.8 Å². The van der Waals surface area contributed by atoms with E-state index in [0.717, 1.165) is 0 Å². The molecule has 1 heterocycles. The molecule has 3 N–H and O–H groups in total. The average molecular weight is 611 g/mol. The highest BCUT2D eigenvalue weighted by Gasteiger charge is 2.54. The molecule has 0 saturated carbocycles. The summed E-state index contributed by atoms with van der Waals surface area (Å²) in [6, 6.07) is 12.2. The fourth-order valence-electron chi connectivity index (χ4n) is 4.58. The van der Waals surface area contributed by atoms with Gasteiger partial charge in [0.2, 0.25) is 0 Å². The maximum Gasteiger partial charge on any atom is 0.357 e. The Morgan fingerprint density at radius 3 is 2.39 bits per heavy atom. The lowest BCUT2D eigenvalue weighted by atomic mass is 9.74. The molecule has 2 bridgehead atoms. The molecule has 2 atom stereocenters. The summed E-state index contributed by atoms with van der Waals surface area (Å²) in [4.78, 5) is 45.7. The quantitative estimate of drug-likeness (QED) is 0.193. The molecule has 12 heteroatoms. The Morgan fingerprint density at radius 1 is 1.12 bits per heavy atom. The number of ether oxygens (including phenoxy) is 3. The first-order valence-electron chi connectivity index (χ1n) is 13.4. The molecule has 10 nitrogen and oxygen atoms in total. The molecule has 0 fully saturated rings. The lowest BCUT2D eigenvalue weighted by Gasteiger charge is -2.36. The molecule has 0 spiro atoms. The van der Waals surface area contributed by atoms with Crippen molar-refractivity contribution in [2.75, 3.05) is 25.2 Å². The maximum atomic E-state index is 13.7. The molecule has 1 aliphatic heterocycles. The minimum absolute atomic E-state index is 0.0698. The van der Waals surface area contributed by atoms with Gasteiger partial charge in [0.1, 0.15) is 17.0 Å². The van der Waals surface area contributed by atoms with E-state index >= 15 is 0 Å².